The zero-order valence-corrected chi connectivity index (χ0v) is 16.7. The van der Waals surface area contributed by atoms with Gasteiger partial charge in [-0.25, -0.2) is 4.79 Å². The number of nitrogens with one attached hydrogen (secondary N) is 1. The maximum atomic E-state index is 12.9. The lowest BCUT2D eigenvalue weighted by atomic mass is 9.97. The van der Waals surface area contributed by atoms with Gasteiger partial charge in [0.2, 0.25) is 5.79 Å². The molecule has 6 nitrogen and oxygen atoms in total. The predicted octanol–water partition coefficient (Wildman–Crippen LogP) is 3.18. The minimum absolute atomic E-state index is 0.426. The van der Waals surface area contributed by atoms with Gasteiger partial charge in [-0.2, -0.15) is 0 Å². The SMILES string of the molecule is CO[C@@]1(C)OC(=O)[C@@H]([C@H](NCc2ccccc2)c2ccccc2)O[C@]1(C)OC. The first-order valence-electron chi connectivity index (χ1n) is 9.25. The van der Waals surface area contributed by atoms with Gasteiger partial charge in [-0.15, -0.1) is 0 Å². The molecule has 2 aromatic carbocycles. The Kier molecular flexibility index (Phi) is 6.15. The zero-order chi connectivity index (χ0) is 20.2. The Balaban J connectivity index is 1.90. The molecule has 0 radical (unpaired) electrons. The van der Waals surface area contributed by atoms with E-state index in [4.69, 9.17) is 18.9 Å². The van der Waals surface area contributed by atoms with E-state index in [2.05, 4.69) is 5.32 Å². The summed E-state index contributed by atoms with van der Waals surface area (Å²) in [4.78, 5) is 12.9. The highest BCUT2D eigenvalue weighted by Gasteiger charge is 2.58. The van der Waals surface area contributed by atoms with Crippen molar-refractivity contribution in [3.8, 4) is 0 Å². The van der Waals surface area contributed by atoms with Gasteiger partial charge in [-0.3, -0.25) is 0 Å². The molecular weight excluding hydrogens is 358 g/mol. The molecule has 0 unspecified atom stereocenters. The fraction of sp³-hybridized carbons (Fsp3) is 0.409. The molecule has 1 aliphatic heterocycles. The Labute approximate surface area is 165 Å². The summed E-state index contributed by atoms with van der Waals surface area (Å²) in [5.41, 5.74) is 2.02. The van der Waals surface area contributed by atoms with Crippen LogP contribution in [0.2, 0.25) is 0 Å². The van der Waals surface area contributed by atoms with E-state index < -0.39 is 29.7 Å². The normalized spacial score (nSPS) is 28.6. The molecule has 150 valence electrons. The van der Waals surface area contributed by atoms with Crippen molar-refractivity contribution in [2.75, 3.05) is 14.2 Å². The van der Waals surface area contributed by atoms with Gasteiger partial charge >= 0.3 is 5.97 Å². The van der Waals surface area contributed by atoms with Crippen molar-refractivity contribution in [1.82, 2.24) is 5.32 Å². The van der Waals surface area contributed by atoms with Gasteiger partial charge in [0, 0.05) is 27.7 Å². The molecule has 0 amide bonds. The van der Waals surface area contributed by atoms with Crippen LogP contribution in [0.4, 0.5) is 0 Å². The molecule has 0 spiro atoms. The molecule has 0 saturated carbocycles. The van der Waals surface area contributed by atoms with Crippen LogP contribution in [-0.2, 0) is 30.3 Å². The monoisotopic (exact) mass is 385 g/mol. The summed E-state index contributed by atoms with van der Waals surface area (Å²) in [6, 6.07) is 19.2. The molecule has 1 N–H and O–H groups in total. The van der Waals surface area contributed by atoms with Crippen LogP contribution in [0.25, 0.3) is 0 Å². The van der Waals surface area contributed by atoms with Gasteiger partial charge in [-0.05, 0) is 18.1 Å². The van der Waals surface area contributed by atoms with Crippen LogP contribution in [0.3, 0.4) is 0 Å². The number of hydrogen-bond donors (Lipinski definition) is 1. The molecule has 28 heavy (non-hydrogen) atoms. The van der Waals surface area contributed by atoms with Crippen LogP contribution < -0.4 is 5.32 Å². The largest absolute Gasteiger partial charge is 0.425 e. The quantitative estimate of drug-likeness (QED) is 0.739. The van der Waals surface area contributed by atoms with E-state index in [1.54, 1.807) is 13.8 Å². The third-order valence-electron chi connectivity index (χ3n) is 5.31. The van der Waals surface area contributed by atoms with Gasteiger partial charge in [0.15, 0.2) is 6.10 Å². The Bertz CT molecular complexity index is 784. The van der Waals surface area contributed by atoms with Crippen LogP contribution in [0.5, 0.6) is 0 Å². The molecule has 1 aliphatic rings. The van der Waals surface area contributed by atoms with Crippen molar-refractivity contribution in [1.29, 1.82) is 0 Å². The third kappa shape index (κ3) is 3.95. The molecule has 4 atom stereocenters. The Morgan fingerprint density at radius 1 is 0.964 bits per heavy atom. The molecule has 0 aromatic heterocycles. The van der Waals surface area contributed by atoms with Crippen LogP contribution >= 0.6 is 0 Å². The Hall–Kier alpha value is -2.25. The lowest BCUT2D eigenvalue weighted by Gasteiger charge is -2.49. The van der Waals surface area contributed by atoms with E-state index in [1.165, 1.54) is 14.2 Å². The first-order valence-corrected chi connectivity index (χ1v) is 9.25. The minimum atomic E-state index is -1.35. The number of ether oxygens (including phenoxy) is 4. The average Bonchev–Trinajstić information content (AvgIpc) is 2.73. The van der Waals surface area contributed by atoms with Crippen LogP contribution in [-0.4, -0.2) is 37.9 Å². The third-order valence-corrected chi connectivity index (χ3v) is 5.31. The van der Waals surface area contributed by atoms with Crippen LogP contribution in [0, 0.1) is 0 Å². The maximum absolute atomic E-state index is 12.9. The van der Waals surface area contributed by atoms with E-state index in [0.717, 1.165) is 11.1 Å². The van der Waals surface area contributed by atoms with E-state index in [0.29, 0.717) is 6.54 Å². The van der Waals surface area contributed by atoms with Gasteiger partial charge in [0.1, 0.15) is 0 Å². The zero-order valence-electron chi connectivity index (χ0n) is 16.7. The van der Waals surface area contributed by atoms with E-state index >= 15 is 0 Å². The fourth-order valence-electron chi connectivity index (χ4n) is 3.29. The van der Waals surface area contributed by atoms with Crippen molar-refractivity contribution < 1.29 is 23.7 Å². The number of carbonyl (C=O) groups is 1. The summed E-state index contributed by atoms with van der Waals surface area (Å²) in [5, 5.41) is 3.44. The number of esters is 1. The topological polar surface area (TPSA) is 66.0 Å². The van der Waals surface area contributed by atoms with Gasteiger partial charge in [-0.1, -0.05) is 60.7 Å². The summed E-state index contributed by atoms with van der Waals surface area (Å²) in [6.45, 7) is 3.90. The molecule has 3 rings (SSSR count). The number of hydrogen-bond acceptors (Lipinski definition) is 6. The number of rotatable bonds is 7. The summed E-state index contributed by atoms with van der Waals surface area (Å²) in [7, 11) is 2.96. The molecular formula is C22H27NO5. The van der Waals surface area contributed by atoms with Crippen LogP contribution in [0.1, 0.15) is 31.0 Å². The smallest absolute Gasteiger partial charge is 0.340 e. The van der Waals surface area contributed by atoms with E-state index in [1.807, 2.05) is 60.7 Å². The molecule has 0 bridgehead atoms. The van der Waals surface area contributed by atoms with Gasteiger partial charge in [0.25, 0.3) is 5.79 Å². The minimum Gasteiger partial charge on any atom is -0.425 e. The maximum Gasteiger partial charge on any atom is 0.340 e. The van der Waals surface area contributed by atoms with Gasteiger partial charge in [0.05, 0.1) is 6.04 Å². The highest BCUT2D eigenvalue weighted by Crippen LogP contribution is 2.40. The average molecular weight is 385 g/mol. The summed E-state index contributed by atoms with van der Waals surface area (Å²) >= 11 is 0. The summed E-state index contributed by atoms with van der Waals surface area (Å²) < 4.78 is 22.8. The van der Waals surface area contributed by atoms with E-state index in [-0.39, 0.29) is 0 Å². The van der Waals surface area contributed by atoms with Crippen molar-refractivity contribution in [2.24, 2.45) is 0 Å². The first kappa shape index (κ1) is 20.5. The molecule has 6 heteroatoms. The summed E-state index contributed by atoms with van der Waals surface area (Å²) in [6.07, 6.45) is -0.903. The fourth-order valence-corrected chi connectivity index (χ4v) is 3.29. The second-order valence-corrected chi connectivity index (χ2v) is 7.01. The molecule has 2 aromatic rings. The van der Waals surface area contributed by atoms with Crippen molar-refractivity contribution in [2.45, 2.75) is 44.1 Å². The van der Waals surface area contributed by atoms with Crippen LogP contribution in [0.15, 0.2) is 60.7 Å². The van der Waals surface area contributed by atoms with E-state index in [9.17, 15) is 4.79 Å². The Morgan fingerprint density at radius 3 is 2.11 bits per heavy atom. The second kappa shape index (κ2) is 8.41. The van der Waals surface area contributed by atoms with Crippen molar-refractivity contribution >= 4 is 5.97 Å². The highest BCUT2D eigenvalue weighted by molar-refractivity contribution is 5.77. The number of methoxy groups -OCH3 is 2. The first-order chi connectivity index (χ1) is 13.4. The molecule has 1 fully saturated rings. The second-order valence-electron chi connectivity index (χ2n) is 7.01. The highest BCUT2D eigenvalue weighted by atomic mass is 16.8. The standard InChI is InChI=1S/C22H27NO5/c1-21(25-3)22(2,26-4)28-20(24)19(27-21)18(17-13-9-6-10-14-17)23-15-16-11-7-5-8-12-16/h5-14,18-19,23H,15H2,1-4H3/t18-,19-,21+,22+/m1/s1. The number of carbonyl (C=O) groups excluding carboxylic acids is 1. The lowest BCUT2D eigenvalue weighted by molar-refractivity contribution is -0.407. The number of cyclic esters (lactones) is 1. The number of benzene rings is 2. The molecule has 1 heterocycles. The summed E-state index contributed by atoms with van der Waals surface area (Å²) in [5.74, 6) is -3.12. The van der Waals surface area contributed by atoms with Crippen molar-refractivity contribution in [3.63, 3.8) is 0 Å². The Morgan fingerprint density at radius 2 is 1.54 bits per heavy atom. The van der Waals surface area contributed by atoms with Crippen molar-refractivity contribution in [3.05, 3.63) is 71.8 Å². The predicted molar refractivity (Wildman–Crippen MR) is 104 cm³/mol. The lowest BCUT2D eigenvalue weighted by Crippen LogP contribution is -2.65. The molecule has 0 aliphatic carbocycles. The molecule has 1 saturated heterocycles. The van der Waals surface area contributed by atoms with Gasteiger partial charge < -0.3 is 24.3 Å².